The fourth-order valence-electron chi connectivity index (χ4n) is 6.22. The van der Waals surface area contributed by atoms with E-state index >= 15 is 0 Å². The van der Waals surface area contributed by atoms with Crippen molar-refractivity contribution < 1.29 is 13.4 Å². The minimum absolute atomic E-state index is 0.0303. The van der Waals surface area contributed by atoms with Gasteiger partial charge in [0.2, 0.25) is 6.33 Å². The molecule has 3 heterocycles. The van der Waals surface area contributed by atoms with Gasteiger partial charge in [-0.25, -0.2) is 4.98 Å². The second-order valence-corrected chi connectivity index (χ2v) is 12.6. The average molecular weight is 602 g/mol. The van der Waals surface area contributed by atoms with Gasteiger partial charge in [-0.15, -0.1) is 0 Å². The molecule has 0 bridgehead atoms. The van der Waals surface area contributed by atoms with Crippen LogP contribution >= 0.6 is 0 Å². The van der Waals surface area contributed by atoms with E-state index in [0.717, 1.165) is 50.0 Å². The van der Waals surface area contributed by atoms with Gasteiger partial charge in [-0.05, 0) is 70.6 Å². The van der Waals surface area contributed by atoms with Crippen LogP contribution in [0.3, 0.4) is 0 Å². The maximum Gasteiger partial charge on any atom is 0.244 e. The average Bonchev–Trinajstić information content (AvgIpc) is 3.65. The molecule has 8 rings (SSSR count). The Balaban J connectivity index is 1.29. The first-order valence-corrected chi connectivity index (χ1v) is 15.4. The summed E-state index contributed by atoms with van der Waals surface area (Å²) in [5.41, 5.74) is 7.19. The van der Waals surface area contributed by atoms with Crippen LogP contribution in [-0.2, 0) is 12.4 Å². The Bertz CT molecular complexity index is 2510. The third kappa shape index (κ3) is 4.81. The molecule has 0 N–H and O–H groups in total. The van der Waals surface area contributed by atoms with E-state index in [-0.39, 0.29) is 5.41 Å². The van der Waals surface area contributed by atoms with Crippen molar-refractivity contribution in [1.29, 1.82) is 0 Å². The summed E-state index contributed by atoms with van der Waals surface area (Å²) in [6.45, 7) is 4.23. The van der Waals surface area contributed by atoms with Gasteiger partial charge in [0, 0.05) is 23.0 Å². The summed E-state index contributed by atoms with van der Waals surface area (Å²) in [5, 5.41) is 2.24. The fourth-order valence-corrected chi connectivity index (χ4v) is 6.22. The number of hydrogen-bond donors (Lipinski definition) is 0. The zero-order valence-electron chi connectivity index (χ0n) is 28.9. The van der Waals surface area contributed by atoms with Crippen LogP contribution in [0.1, 0.15) is 30.4 Å². The molecule has 0 aliphatic heterocycles. The molecule has 0 saturated heterocycles. The van der Waals surface area contributed by atoms with E-state index in [1.165, 1.54) is 10.1 Å². The van der Waals surface area contributed by atoms with Crippen LogP contribution in [0.4, 0.5) is 0 Å². The molecule has 5 heteroatoms. The van der Waals surface area contributed by atoms with Gasteiger partial charge >= 0.3 is 0 Å². The SMILES string of the molecule is [2H]C([2H])([2H])n1[c-][n+](-c2cc(Oc3ccc4c5ccccc5n(-c5cc(C(C)(C)C)ccn5)c4c3)cc(-c3ccccc3)c2)c2ccccc21. The number of aryl methyl sites for hydroxylation is 1. The number of aromatic nitrogens is 4. The van der Waals surface area contributed by atoms with Crippen molar-refractivity contribution in [2.24, 2.45) is 6.98 Å². The van der Waals surface area contributed by atoms with Gasteiger partial charge in [0.25, 0.3) is 0 Å². The number of ether oxygens (including phenoxy) is 1. The van der Waals surface area contributed by atoms with Crippen LogP contribution < -0.4 is 9.30 Å². The van der Waals surface area contributed by atoms with Gasteiger partial charge < -0.3 is 13.9 Å². The summed E-state index contributed by atoms with van der Waals surface area (Å²) in [4.78, 5) is 4.82. The van der Waals surface area contributed by atoms with E-state index in [4.69, 9.17) is 13.8 Å². The van der Waals surface area contributed by atoms with Crippen LogP contribution in [0.2, 0.25) is 0 Å². The Morgan fingerprint density at radius 1 is 0.696 bits per heavy atom. The lowest BCUT2D eigenvalue weighted by Crippen LogP contribution is -2.29. The van der Waals surface area contributed by atoms with E-state index in [0.29, 0.717) is 17.0 Å². The van der Waals surface area contributed by atoms with E-state index in [2.05, 4.69) is 80.2 Å². The van der Waals surface area contributed by atoms with Crippen LogP contribution in [-0.4, -0.2) is 14.1 Å². The fraction of sp³-hybridized carbons (Fsp3) is 0.122. The zero-order chi connectivity index (χ0) is 33.9. The van der Waals surface area contributed by atoms with Crippen molar-refractivity contribution in [2.75, 3.05) is 0 Å². The molecule has 5 nitrogen and oxygen atoms in total. The highest BCUT2D eigenvalue weighted by atomic mass is 16.5. The highest BCUT2D eigenvalue weighted by molar-refractivity contribution is 6.09. The number of hydrogen-bond acceptors (Lipinski definition) is 2. The van der Waals surface area contributed by atoms with E-state index < -0.39 is 6.98 Å². The normalized spacial score (nSPS) is 13.2. The van der Waals surface area contributed by atoms with Crippen molar-refractivity contribution in [1.82, 2.24) is 14.1 Å². The molecule has 0 spiro atoms. The maximum absolute atomic E-state index is 8.15. The van der Waals surface area contributed by atoms with Gasteiger partial charge in [0.1, 0.15) is 17.3 Å². The molecule has 0 aliphatic rings. The molecule has 3 aromatic heterocycles. The molecule has 224 valence electrons. The van der Waals surface area contributed by atoms with Crippen LogP contribution in [0.5, 0.6) is 11.5 Å². The quantitative estimate of drug-likeness (QED) is 0.146. The predicted molar refractivity (Wildman–Crippen MR) is 186 cm³/mol. The third-order valence-electron chi connectivity index (χ3n) is 8.54. The second-order valence-electron chi connectivity index (χ2n) is 12.6. The maximum atomic E-state index is 8.15. The number of benzene rings is 5. The number of para-hydroxylation sites is 3. The molecule has 0 fully saturated rings. The second kappa shape index (κ2) is 10.7. The molecular formula is C41H34N4O. The molecule has 0 radical (unpaired) electrons. The number of pyridine rings is 1. The van der Waals surface area contributed by atoms with Crippen molar-refractivity contribution in [3.05, 3.63) is 145 Å². The minimum atomic E-state index is -2.39. The monoisotopic (exact) mass is 601 g/mol. The Labute approximate surface area is 272 Å². The molecule has 0 atom stereocenters. The van der Waals surface area contributed by atoms with Gasteiger partial charge in [-0.3, -0.25) is 4.57 Å². The number of fused-ring (bicyclic) bond motifs is 4. The van der Waals surface area contributed by atoms with Gasteiger partial charge in [-0.2, -0.15) is 0 Å². The summed E-state index contributed by atoms with van der Waals surface area (Å²) < 4.78 is 36.3. The molecule has 0 unspecified atom stereocenters. The number of nitrogens with zero attached hydrogens (tertiary/aromatic N) is 4. The lowest BCUT2D eigenvalue weighted by atomic mass is 9.88. The van der Waals surface area contributed by atoms with Crippen molar-refractivity contribution in [3.8, 4) is 34.1 Å². The molecule has 8 aromatic rings. The summed E-state index contributed by atoms with van der Waals surface area (Å²) in [6.07, 6.45) is 4.98. The molecule has 0 saturated carbocycles. The first-order valence-electron chi connectivity index (χ1n) is 16.9. The highest BCUT2D eigenvalue weighted by Gasteiger charge is 2.18. The first-order chi connectivity index (χ1) is 23.5. The van der Waals surface area contributed by atoms with Crippen LogP contribution in [0, 0.1) is 6.33 Å². The van der Waals surface area contributed by atoms with Gasteiger partial charge in [0.05, 0.1) is 38.8 Å². The Morgan fingerprint density at radius 3 is 2.28 bits per heavy atom. The van der Waals surface area contributed by atoms with Crippen LogP contribution in [0.25, 0.3) is 55.5 Å². The van der Waals surface area contributed by atoms with E-state index in [1.807, 2.05) is 79.0 Å². The van der Waals surface area contributed by atoms with Crippen molar-refractivity contribution in [3.63, 3.8) is 0 Å². The van der Waals surface area contributed by atoms with E-state index in [9.17, 15) is 0 Å². The summed E-state index contributed by atoms with van der Waals surface area (Å²) in [6, 6.07) is 42.3. The van der Waals surface area contributed by atoms with E-state index in [1.54, 1.807) is 10.6 Å². The summed E-state index contributed by atoms with van der Waals surface area (Å²) in [5.74, 6) is 2.12. The standard InChI is InChI=1S/C41H34N4O/c1-41(2,3)30-20-21-42-40(24-30)45-36-15-9-8-14-34(36)35-19-18-32(26-39(35)45)46-33-23-29(28-12-6-5-7-13-28)22-31(25-33)44-27-43(4)37-16-10-11-17-38(37)44/h5-26H,1-4H3/i4D3. The summed E-state index contributed by atoms with van der Waals surface area (Å²) in [7, 11) is 0. The molecule has 0 amide bonds. The van der Waals surface area contributed by atoms with Crippen molar-refractivity contribution in [2.45, 2.75) is 26.2 Å². The molecule has 0 aliphatic carbocycles. The summed E-state index contributed by atoms with van der Waals surface area (Å²) >= 11 is 0. The number of imidazole rings is 1. The zero-order valence-corrected chi connectivity index (χ0v) is 25.9. The minimum Gasteiger partial charge on any atom is -0.458 e. The lowest BCUT2D eigenvalue weighted by molar-refractivity contribution is -0.572. The predicted octanol–water partition coefficient (Wildman–Crippen LogP) is 9.50. The molecule has 46 heavy (non-hydrogen) atoms. The Kier molecular flexibility index (Phi) is 5.75. The smallest absolute Gasteiger partial charge is 0.244 e. The third-order valence-corrected chi connectivity index (χ3v) is 8.54. The van der Waals surface area contributed by atoms with Crippen molar-refractivity contribution >= 4 is 32.8 Å². The lowest BCUT2D eigenvalue weighted by Gasteiger charge is -2.20. The van der Waals surface area contributed by atoms with Gasteiger partial charge in [-0.1, -0.05) is 93.6 Å². The Morgan fingerprint density at radius 2 is 1.46 bits per heavy atom. The molecule has 5 aromatic carbocycles. The first kappa shape index (κ1) is 24.6. The topological polar surface area (TPSA) is 35.9 Å². The number of rotatable bonds is 5. The Hall–Kier alpha value is -5.68. The van der Waals surface area contributed by atoms with Crippen LogP contribution in [0.15, 0.2) is 134 Å². The largest absolute Gasteiger partial charge is 0.458 e. The molecular weight excluding hydrogens is 564 g/mol. The van der Waals surface area contributed by atoms with Gasteiger partial charge in [0.15, 0.2) is 0 Å². The highest BCUT2D eigenvalue weighted by Crippen LogP contribution is 2.37.